The van der Waals surface area contributed by atoms with Crippen molar-refractivity contribution in [3.8, 4) is 11.5 Å². The molecule has 0 aliphatic heterocycles. The van der Waals surface area contributed by atoms with E-state index in [1.165, 1.54) is 0 Å². The molecular formula is C13H15F2N3O2. The molecule has 0 bridgehead atoms. The minimum atomic E-state index is -2.46. The highest BCUT2D eigenvalue weighted by molar-refractivity contribution is 5.60. The summed E-state index contributed by atoms with van der Waals surface area (Å²) in [5.41, 5.74) is 8.11. The average molecular weight is 283 g/mol. The smallest absolute Gasteiger partial charge is 0.261 e. The van der Waals surface area contributed by atoms with Gasteiger partial charge in [0.1, 0.15) is 6.61 Å². The second kappa shape index (κ2) is 6.42. The number of nitrogen functional groups attached to an aromatic ring is 1. The second-order valence-electron chi connectivity index (χ2n) is 4.30. The van der Waals surface area contributed by atoms with Crippen molar-refractivity contribution in [3.05, 3.63) is 29.6 Å². The van der Waals surface area contributed by atoms with E-state index in [0.29, 0.717) is 23.8 Å². The molecule has 1 aromatic carbocycles. The van der Waals surface area contributed by atoms with Crippen LogP contribution in [0.15, 0.2) is 22.7 Å². The standard InChI is InChI=1S/C13H15F2N3O2/c1-8-6-9(2-3-10(8)16)13-17-12(18-20-13)4-5-19-7-11(14)15/h2-3,6,11H,4-5,7,16H2,1H3. The highest BCUT2D eigenvalue weighted by Gasteiger charge is 2.10. The summed E-state index contributed by atoms with van der Waals surface area (Å²) in [5.74, 6) is 0.792. The first-order chi connectivity index (χ1) is 9.56. The van der Waals surface area contributed by atoms with Gasteiger partial charge in [-0.1, -0.05) is 5.16 Å². The van der Waals surface area contributed by atoms with Crippen LogP contribution < -0.4 is 5.73 Å². The molecule has 5 nitrogen and oxygen atoms in total. The fourth-order valence-electron chi connectivity index (χ4n) is 1.62. The normalized spacial score (nSPS) is 11.2. The Morgan fingerprint density at radius 3 is 2.90 bits per heavy atom. The SMILES string of the molecule is Cc1cc(-c2nc(CCOCC(F)F)no2)ccc1N. The summed E-state index contributed by atoms with van der Waals surface area (Å²) in [5, 5.41) is 3.78. The Morgan fingerprint density at radius 2 is 2.20 bits per heavy atom. The van der Waals surface area contributed by atoms with Crippen LogP contribution in [0.2, 0.25) is 0 Å². The van der Waals surface area contributed by atoms with Gasteiger partial charge in [-0.15, -0.1) is 0 Å². The zero-order valence-corrected chi connectivity index (χ0v) is 11.0. The first-order valence-electron chi connectivity index (χ1n) is 6.11. The number of halogens is 2. The van der Waals surface area contributed by atoms with Crippen LogP contribution >= 0.6 is 0 Å². The van der Waals surface area contributed by atoms with Crippen LogP contribution in [-0.4, -0.2) is 29.8 Å². The Balaban J connectivity index is 1.96. The summed E-state index contributed by atoms with van der Waals surface area (Å²) < 4.78 is 33.6. The van der Waals surface area contributed by atoms with E-state index in [9.17, 15) is 8.78 Å². The van der Waals surface area contributed by atoms with E-state index >= 15 is 0 Å². The highest BCUT2D eigenvalue weighted by Crippen LogP contribution is 2.21. The number of nitrogens with zero attached hydrogens (tertiary/aromatic N) is 2. The van der Waals surface area contributed by atoms with E-state index in [2.05, 4.69) is 10.1 Å². The van der Waals surface area contributed by atoms with Gasteiger partial charge in [0.15, 0.2) is 5.82 Å². The predicted octanol–water partition coefficient (Wildman–Crippen LogP) is 2.45. The van der Waals surface area contributed by atoms with Crippen molar-refractivity contribution in [2.24, 2.45) is 0 Å². The lowest BCUT2D eigenvalue weighted by Crippen LogP contribution is -2.07. The molecule has 0 aliphatic carbocycles. The summed E-state index contributed by atoms with van der Waals surface area (Å²) in [6.45, 7) is 1.43. The topological polar surface area (TPSA) is 74.2 Å². The lowest BCUT2D eigenvalue weighted by atomic mass is 10.1. The van der Waals surface area contributed by atoms with Crippen molar-refractivity contribution in [2.75, 3.05) is 18.9 Å². The number of alkyl halides is 2. The lowest BCUT2D eigenvalue weighted by Gasteiger charge is -2.00. The quantitative estimate of drug-likeness (QED) is 0.651. The van der Waals surface area contributed by atoms with Gasteiger partial charge in [0.2, 0.25) is 0 Å². The van der Waals surface area contributed by atoms with Gasteiger partial charge in [0.05, 0.1) is 6.61 Å². The van der Waals surface area contributed by atoms with Gasteiger partial charge in [0.25, 0.3) is 12.3 Å². The van der Waals surface area contributed by atoms with E-state index in [4.69, 9.17) is 15.0 Å². The molecule has 0 saturated heterocycles. The zero-order chi connectivity index (χ0) is 14.5. The highest BCUT2D eigenvalue weighted by atomic mass is 19.3. The number of aryl methyl sites for hydroxylation is 1. The van der Waals surface area contributed by atoms with Gasteiger partial charge in [-0.2, -0.15) is 4.98 Å². The van der Waals surface area contributed by atoms with Crippen molar-refractivity contribution in [3.63, 3.8) is 0 Å². The average Bonchev–Trinajstić information content (AvgIpc) is 2.86. The third kappa shape index (κ3) is 3.74. The Bertz CT molecular complexity index is 572. The van der Waals surface area contributed by atoms with E-state index in [1.54, 1.807) is 12.1 Å². The van der Waals surface area contributed by atoms with Gasteiger partial charge in [-0.05, 0) is 30.7 Å². The van der Waals surface area contributed by atoms with Crippen LogP contribution in [0, 0.1) is 6.92 Å². The van der Waals surface area contributed by atoms with E-state index in [-0.39, 0.29) is 6.61 Å². The molecule has 2 aromatic rings. The van der Waals surface area contributed by atoms with Crippen LogP contribution in [0.3, 0.4) is 0 Å². The molecule has 0 aliphatic rings. The maximum Gasteiger partial charge on any atom is 0.261 e. The molecule has 2 rings (SSSR count). The van der Waals surface area contributed by atoms with Crippen molar-refractivity contribution >= 4 is 5.69 Å². The molecule has 2 N–H and O–H groups in total. The van der Waals surface area contributed by atoms with Crippen LogP contribution in [0.25, 0.3) is 11.5 Å². The minimum Gasteiger partial charge on any atom is -0.399 e. The van der Waals surface area contributed by atoms with Crippen LogP contribution in [0.5, 0.6) is 0 Å². The molecule has 7 heteroatoms. The van der Waals surface area contributed by atoms with Crippen LogP contribution in [0.4, 0.5) is 14.5 Å². The largest absolute Gasteiger partial charge is 0.399 e. The molecule has 20 heavy (non-hydrogen) atoms. The van der Waals surface area contributed by atoms with Gasteiger partial charge in [0, 0.05) is 17.7 Å². The minimum absolute atomic E-state index is 0.129. The Hall–Kier alpha value is -2.02. The monoisotopic (exact) mass is 283 g/mol. The number of rotatable bonds is 6. The number of nitrogens with two attached hydrogens (primary N) is 1. The van der Waals surface area contributed by atoms with E-state index in [0.717, 1.165) is 11.1 Å². The summed E-state index contributed by atoms with van der Waals surface area (Å²) >= 11 is 0. The number of anilines is 1. The van der Waals surface area contributed by atoms with E-state index < -0.39 is 13.0 Å². The first-order valence-corrected chi connectivity index (χ1v) is 6.11. The summed E-state index contributed by atoms with van der Waals surface area (Å²) in [4.78, 5) is 4.18. The number of hydrogen-bond acceptors (Lipinski definition) is 5. The van der Waals surface area contributed by atoms with Crippen molar-refractivity contribution in [1.82, 2.24) is 10.1 Å². The zero-order valence-electron chi connectivity index (χ0n) is 11.0. The molecule has 0 unspecified atom stereocenters. The molecule has 0 spiro atoms. The van der Waals surface area contributed by atoms with Gasteiger partial charge in [-0.25, -0.2) is 8.78 Å². The molecule has 0 fully saturated rings. The van der Waals surface area contributed by atoms with Crippen LogP contribution in [-0.2, 0) is 11.2 Å². The Labute approximate surface area is 114 Å². The van der Waals surface area contributed by atoms with Crippen molar-refractivity contribution < 1.29 is 18.0 Å². The third-order valence-electron chi connectivity index (χ3n) is 2.70. The first kappa shape index (κ1) is 14.4. The summed E-state index contributed by atoms with van der Waals surface area (Å²) in [7, 11) is 0. The fraction of sp³-hybridized carbons (Fsp3) is 0.385. The molecule has 0 atom stereocenters. The summed E-state index contributed by atoms with van der Waals surface area (Å²) in [6, 6.07) is 5.40. The maximum atomic E-state index is 11.9. The van der Waals surface area contributed by atoms with Gasteiger partial charge >= 0.3 is 0 Å². The number of benzene rings is 1. The maximum absolute atomic E-state index is 11.9. The Kier molecular flexibility index (Phi) is 4.62. The Morgan fingerprint density at radius 1 is 1.40 bits per heavy atom. The number of ether oxygens (including phenoxy) is 1. The van der Waals surface area contributed by atoms with Crippen molar-refractivity contribution in [2.45, 2.75) is 19.8 Å². The van der Waals surface area contributed by atoms with Crippen molar-refractivity contribution in [1.29, 1.82) is 0 Å². The van der Waals surface area contributed by atoms with Gasteiger partial charge < -0.3 is 15.0 Å². The molecule has 0 saturated carbocycles. The van der Waals surface area contributed by atoms with Crippen LogP contribution in [0.1, 0.15) is 11.4 Å². The molecule has 0 amide bonds. The number of aromatic nitrogens is 2. The predicted molar refractivity (Wildman–Crippen MR) is 69.4 cm³/mol. The summed E-state index contributed by atoms with van der Waals surface area (Å²) in [6.07, 6.45) is -2.14. The van der Waals surface area contributed by atoms with Gasteiger partial charge in [-0.3, -0.25) is 0 Å². The fourth-order valence-corrected chi connectivity index (χ4v) is 1.62. The molecule has 0 radical (unpaired) electrons. The number of hydrogen-bond donors (Lipinski definition) is 1. The molecule has 108 valence electrons. The third-order valence-corrected chi connectivity index (χ3v) is 2.70. The second-order valence-corrected chi connectivity index (χ2v) is 4.30. The molecule has 1 aromatic heterocycles. The molecular weight excluding hydrogens is 268 g/mol. The lowest BCUT2D eigenvalue weighted by molar-refractivity contribution is 0.0182. The molecule has 1 heterocycles. The van der Waals surface area contributed by atoms with E-state index in [1.807, 2.05) is 13.0 Å².